The van der Waals surface area contributed by atoms with Crippen molar-refractivity contribution in [3.05, 3.63) is 29.5 Å². The summed E-state index contributed by atoms with van der Waals surface area (Å²) in [5, 5.41) is 17.4. The Labute approximate surface area is 110 Å². The van der Waals surface area contributed by atoms with Crippen LogP contribution in [0.3, 0.4) is 0 Å². The van der Waals surface area contributed by atoms with E-state index < -0.39 is 0 Å². The van der Waals surface area contributed by atoms with Gasteiger partial charge in [0.25, 0.3) is 0 Å². The molecule has 0 radical (unpaired) electrons. The molecule has 5 heteroatoms. The van der Waals surface area contributed by atoms with E-state index in [1.54, 1.807) is 6.20 Å². The lowest BCUT2D eigenvalue weighted by Crippen LogP contribution is -2.20. The van der Waals surface area contributed by atoms with Gasteiger partial charge in [-0.25, -0.2) is 0 Å². The summed E-state index contributed by atoms with van der Waals surface area (Å²) in [6, 6.07) is 3.95. The van der Waals surface area contributed by atoms with Crippen LogP contribution < -0.4 is 0 Å². The fourth-order valence-electron chi connectivity index (χ4n) is 2.81. The summed E-state index contributed by atoms with van der Waals surface area (Å²) >= 11 is 0. The molecule has 0 spiro atoms. The van der Waals surface area contributed by atoms with Crippen molar-refractivity contribution >= 4 is 17.2 Å². The molecule has 1 aliphatic rings. The van der Waals surface area contributed by atoms with Gasteiger partial charge in [-0.3, -0.25) is 5.10 Å². The van der Waals surface area contributed by atoms with Crippen LogP contribution in [-0.2, 0) is 22.6 Å². The number of aliphatic hydroxyl groups excluding tert-OH is 1. The molecular formula is C14H16N2O3. The van der Waals surface area contributed by atoms with E-state index in [2.05, 4.69) is 10.2 Å². The van der Waals surface area contributed by atoms with Crippen LogP contribution in [0.25, 0.3) is 10.9 Å². The molecule has 100 valence electrons. The molecule has 1 aromatic carbocycles. The quantitative estimate of drug-likeness (QED) is 0.810. The minimum absolute atomic E-state index is 0.0223. The number of aldehydes is 1. The topological polar surface area (TPSA) is 75.2 Å². The van der Waals surface area contributed by atoms with E-state index in [1.165, 1.54) is 0 Å². The SMILES string of the molecule is O=CC1OCC[C@@H]1Cc1ccc2[nH]ncc2c1CO. The van der Waals surface area contributed by atoms with E-state index in [-0.39, 0.29) is 18.6 Å². The molecule has 1 unspecified atom stereocenters. The van der Waals surface area contributed by atoms with E-state index in [0.717, 1.165) is 41.2 Å². The average molecular weight is 260 g/mol. The highest BCUT2D eigenvalue weighted by atomic mass is 16.5. The summed E-state index contributed by atoms with van der Waals surface area (Å²) in [4.78, 5) is 10.9. The Kier molecular flexibility index (Phi) is 3.31. The Balaban J connectivity index is 1.93. The van der Waals surface area contributed by atoms with Crippen molar-refractivity contribution in [2.75, 3.05) is 6.61 Å². The van der Waals surface area contributed by atoms with Gasteiger partial charge in [-0.2, -0.15) is 5.10 Å². The summed E-state index contributed by atoms with van der Waals surface area (Å²) in [6.45, 7) is 0.613. The minimum atomic E-state index is -0.313. The van der Waals surface area contributed by atoms with Gasteiger partial charge in [-0.05, 0) is 36.0 Å². The highest BCUT2D eigenvalue weighted by Gasteiger charge is 2.28. The molecule has 0 aliphatic carbocycles. The van der Waals surface area contributed by atoms with Crippen LogP contribution >= 0.6 is 0 Å². The number of aromatic nitrogens is 2. The molecule has 2 N–H and O–H groups in total. The number of hydrogen-bond acceptors (Lipinski definition) is 4. The van der Waals surface area contributed by atoms with Gasteiger partial charge in [0, 0.05) is 12.0 Å². The van der Waals surface area contributed by atoms with Crippen molar-refractivity contribution in [1.29, 1.82) is 0 Å². The Hall–Kier alpha value is -1.72. The number of nitrogens with zero attached hydrogens (tertiary/aromatic N) is 1. The third kappa shape index (κ3) is 2.15. The lowest BCUT2D eigenvalue weighted by molar-refractivity contribution is -0.116. The second-order valence-electron chi connectivity index (χ2n) is 4.92. The molecule has 1 aromatic heterocycles. The van der Waals surface area contributed by atoms with Crippen LogP contribution in [-0.4, -0.2) is 34.3 Å². The van der Waals surface area contributed by atoms with Crippen LogP contribution in [0.4, 0.5) is 0 Å². The number of aliphatic hydroxyl groups is 1. The number of hydrogen-bond donors (Lipinski definition) is 2. The minimum Gasteiger partial charge on any atom is -0.392 e. The van der Waals surface area contributed by atoms with Crippen LogP contribution in [0.5, 0.6) is 0 Å². The normalized spacial score (nSPS) is 23.0. The molecular weight excluding hydrogens is 244 g/mol. The predicted molar refractivity (Wildman–Crippen MR) is 69.6 cm³/mol. The second kappa shape index (κ2) is 5.11. The molecule has 2 heterocycles. The molecule has 2 atom stereocenters. The molecule has 0 amide bonds. The first-order valence-electron chi connectivity index (χ1n) is 6.45. The number of carbonyl (C=O) groups excluding carboxylic acids is 1. The first-order chi connectivity index (χ1) is 9.33. The van der Waals surface area contributed by atoms with Crippen molar-refractivity contribution in [3.8, 4) is 0 Å². The Bertz CT molecular complexity index is 593. The van der Waals surface area contributed by atoms with Crippen molar-refractivity contribution in [2.45, 2.75) is 25.6 Å². The van der Waals surface area contributed by atoms with Gasteiger partial charge >= 0.3 is 0 Å². The van der Waals surface area contributed by atoms with Crippen LogP contribution in [0.1, 0.15) is 17.5 Å². The maximum Gasteiger partial charge on any atom is 0.149 e. The Morgan fingerprint density at radius 3 is 3.21 bits per heavy atom. The molecule has 0 saturated carbocycles. The number of benzene rings is 1. The van der Waals surface area contributed by atoms with Crippen molar-refractivity contribution < 1.29 is 14.6 Å². The van der Waals surface area contributed by atoms with Gasteiger partial charge in [-0.15, -0.1) is 0 Å². The number of H-pyrrole nitrogens is 1. The lowest BCUT2D eigenvalue weighted by atomic mass is 9.90. The van der Waals surface area contributed by atoms with Gasteiger partial charge in [0.05, 0.1) is 18.3 Å². The highest BCUT2D eigenvalue weighted by Crippen LogP contribution is 2.28. The number of fused-ring (bicyclic) bond motifs is 1. The van der Waals surface area contributed by atoms with Crippen LogP contribution in [0.15, 0.2) is 18.3 Å². The summed E-state index contributed by atoms with van der Waals surface area (Å²) in [7, 11) is 0. The largest absolute Gasteiger partial charge is 0.392 e. The molecule has 2 aromatic rings. The van der Waals surface area contributed by atoms with E-state index in [9.17, 15) is 9.90 Å². The molecule has 0 bridgehead atoms. The first-order valence-corrected chi connectivity index (χ1v) is 6.45. The summed E-state index contributed by atoms with van der Waals surface area (Å²) < 4.78 is 5.38. The molecule has 1 fully saturated rings. The number of carbonyl (C=O) groups is 1. The lowest BCUT2D eigenvalue weighted by Gasteiger charge is -2.15. The van der Waals surface area contributed by atoms with Gasteiger partial charge in [0.2, 0.25) is 0 Å². The standard InChI is InChI=1S/C14H16N2O3/c17-7-12-9(1-2-13-11(12)6-15-16-13)5-10-3-4-19-14(10)8-18/h1-2,6,8,10,14,17H,3-5,7H2,(H,15,16)/t10-,14?/m1/s1. The Morgan fingerprint density at radius 1 is 1.53 bits per heavy atom. The molecule has 5 nitrogen and oxygen atoms in total. The maximum atomic E-state index is 10.9. The summed E-state index contributed by atoms with van der Waals surface area (Å²) in [6.07, 6.45) is 3.93. The Morgan fingerprint density at radius 2 is 2.42 bits per heavy atom. The number of ether oxygens (including phenoxy) is 1. The molecule has 3 rings (SSSR count). The zero-order chi connectivity index (χ0) is 13.2. The first kappa shape index (κ1) is 12.3. The number of rotatable bonds is 4. The van der Waals surface area contributed by atoms with Crippen molar-refractivity contribution in [2.24, 2.45) is 5.92 Å². The highest BCUT2D eigenvalue weighted by molar-refractivity contribution is 5.82. The third-order valence-electron chi connectivity index (χ3n) is 3.87. The van der Waals surface area contributed by atoms with Crippen molar-refractivity contribution in [1.82, 2.24) is 10.2 Å². The zero-order valence-corrected chi connectivity index (χ0v) is 10.5. The van der Waals surface area contributed by atoms with Crippen LogP contribution in [0.2, 0.25) is 0 Å². The number of nitrogens with one attached hydrogen (secondary N) is 1. The molecule has 1 saturated heterocycles. The molecule has 19 heavy (non-hydrogen) atoms. The summed E-state index contributed by atoms with van der Waals surface area (Å²) in [5.74, 6) is 0.201. The smallest absolute Gasteiger partial charge is 0.149 e. The summed E-state index contributed by atoms with van der Waals surface area (Å²) in [5.41, 5.74) is 2.88. The monoisotopic (exact) mass is 260 g/mol. The van der Waals surface area contributed by atoms with Crippen LogP contribution in [0, 0.1) is 5.92 Å². The van der Waals surface area contributed by atoms with E-state index in [0.29, 0.717) is 6.61 Å². The average Bonchev–Trinajstić information content (AvgIpc) is 3.06. The van der Waals surface area contributed by atoms with Gasteiger partial charge < -0.3 is 14.6 Å². The second-order valence-corrected chi connectivity index (χ2v) is 4.92. The van der Waals surface area contributed by atoms with Gasteiger partial charge in [0.15, 0.2) is 0 Å². The third-order valence-corrected chi connectivity index (χ3v) is 3.87. The molecule has 1 aliphatic heterocycles. The van der Waals surface area contributed by atoms with Gasteiger partial charge in [0.1, 0.15) is 12.4 Å². The zero-order valence-electron chi connectivity index (χ0n) is 10.5. The fraction of sp³-hybridized carbons (Fsp3) is 0.429. The van der Waals surface area contributed by atoms with E-state index in [1.807, 2.05) is 12.1 Å². The van der Waals surface area contributed by atoms with E-state index in [4.69, 9.17) is 4.74 Å². The van der Waals surface area contributed by atoms with E-state index >= 15 is 0 Å². The van der Waals surface area contributed by atoms with Crippen molar-refractivity contribution in [3.63, 3.8) is 0 Å². The number of aromatic amines is 1. The van der Waals surface area contributed by atoms with Gasteiger partial charge in [-0.1, -0.05) is 6.07 Å². The predicted octanol–water partition coefficient (Wildman–Crippen LogP) is 1.20. The fourth-order valence-corrected chi connectivity index (χ4v) is 2.81. The maximum absolute atomic E-state index is 10.9.